The summed E-state index contributed by atoms with van der Waals surface area (Å²) in [7, 11) is 2.84. The second-order valence-electron chi connectivity index (χ2n) is 2.91. The first-order valence-electron chi connectivity index (χ1n) is 4.54. The highest BCUT2D eigenvalue weighted by molar-refractivity contribution is 5.87. The number of ether oxygens (including phenoxy) is 2. The van der Waals surface area contributed by atoms with E-state index in [1.54, 1.807) is 6.07 Å². The summed E-state index contributed by atoms with van der Waals surface area (Å²) in [6, 6.07) is 3.28. The highest BCUT2D eigenvalue weighted by Crippen LogP contribution is 2.14. The zero-order chi connectivity index (χ0) is 11.3. The normalized spacial score (nSPS) is 9.80. The number of carbonyl (C=O) groups excluding carboxylic acids is 1. The minimum Gasteiger partial charge on any atom is -0.497 e. The Labute approximate surface area is 88.2 Å². The third-order valence-corrected chi connectivity index (χ3v) is 1.88. The lowest BCUT2D eigenvalue weighted by Crippen LogP contribution is -2.10. The second kappa shape index (κ2) is 5.31. The lowest BCUT2D eigenvalue weighted by molar-refractivity contribution is 0.0593. The monoisotopic (exact) mass is 210 g/mol. The summed E-state index contributed by atoms with van der Waals surface area (Å²) in [5.74, 6) is 0.0982. The molecule has 0 aliphatic heterocycles. The van der Waals surface area contributed by atoms with Crippen molar-refractivity contribution in [2.45, 2.75) is 6.42 Å². The van der Waals surface area contributed by atoms with E-state index in [4.69, 9.17) is 10.5 Å². The van der Waals surface area contributed by atoms with Crippen LogP contribution in [0.25, 0.3) is 0 Å². The Balaban J connectivity index is 3.05. The third-order valence-electron chi connectivity index (χ3n) is 1.88. The lowest BCUT2D eigenvalue weighted by atomic mass is 10.2. The van der Waals surface area contributed by atoms with E-state index in [9.17, 15) is 4.79 Å². The van der Waals surface area contributed by atoms with Gasteiger partial charge in [-0.05, 0) is 6.54 Å². The van der Waals surface area contributed by atoms with Gasteiger partial charge in [0.05, 0.1) is 14.2 Å². The van der Waals surface area contributed by atoms with Crippen LogP contribution < -0.4 is 10.5 Å². The molecule has 0 bridgehead atoms. The summed E-state index contributed by atoms with van der Waals surface area (Å²) >= 11 is 0. The number of carbonyl (C=O) groups is 1. The van der Waals surface area contributed by atoms with Gasteiger partial charge in [-0.25, -0.2) is 9.78 Å². The van der Waals surface area contributed by atoms with Gasteiger partial charge in [0.25, 0.3) is 0 Å². The molecule has 0 fully saturated rings. The molecule has 0 saturated heterocycles. The van der Waals surface area contributed by atoms with E-state index in [-0.39, 0.29) is 5.69 Å². The summed E-state index contributed by atoms with van der Waals surface area (Å²) in [6.07, 6.45) is 0.598. The van der Waals surface area contributed by atoms with Gasteiger partial charge in [0.1, 0.15) is 5.75 Å². The fourth-order valence-electron chi connectivity index (χ4n) is 1.16. The summed E-state index contributed by atoms with van der Waals surface area (Å²) in [5, 5.41) is 0. The molecule has 0 aliphatic rings. The molecule has 0 amide bonds. The molecule has 5 nitrogen and oxygen atoms in total. The van der Waals surface area contributed by atoms with Gasteiger partial charge in [-0.15, -0.1) is 0 Å². The zero-order valence-electron chi connectivity index (χ0n) is 8.82. The predicted octanol–water partition coefficient (Wildman–Crippen LogP) is 0.378. The van der Waals surface area contributed by atoms with Crippen LogP contribution in [0.2, 0.25) is 0 Å². The number of nitrogens with zero attached hydrogens (tertiary/aromatic N) is 1. The minimum absolute atomic E-state index is 0.236. The van der Waals surface area contributed by atoms with Crippen LogP contribution in [0, 0.1) is 0 Å². The maximum atomic E-state index is 11.3. The molecule has 0 saturated carbocycles. The molecule has 1 aromatic rings. The SMILES string of the molecule is COC(=O)c1cc(OC)cc(CCN)n1. The van der Waals surface area contributed by atoms with Gasteiger partial charge in [-0.1, -0.05) is 0 Å². The smallest absolute Gasteiger partial charge is 0.356 e. The molecule has 15 heavy (non-hydrogen) atoms. The maximum absolute atomic E-state index is 11.3. The van der Waals surface area contributed by atoms with E-state index in [0.29, 0.717) is 18.7 Å². The predicted molar refractivity (Wildman–Crippen MR) is 54.9 cm³/mol. The molecule has 2 N–H and O–H groups in total. The second-order valence-corrected chi connectivity index (χ2v) is 2.91. The van der Waals surface area contributed by atoms with Crippen molar-refractivity contribution in [3.63, 3.8) is 0 Å². The van der Waals surface area contributed by atoms with Crippen molar-refractivity contribution in [1.29, 1.82) is 0 Å². The van der Waals surface area contributed by atoms with Crippen LogP contribution in [-0.4, -0.2) is 31.7 Å². The lowest BCUT2D eigenvalue weighted by Gasteiger charge is -2.06. The number of hydrogen-bond acceptors (Lipinski definition) is 5. The van der Waals surface area contributed by atoms with Crippen molar-refractivity contribution in [3.8, 4) is 5.75 Å². The fraction of sp³-hybridized carbons (Fsp3) is 0.400. The largest absolute Gasteiger partial charge is 0.497 e. The number of pyridine rings is 1. The Morgan fingerprint density at radius 2 is 2.20 bits per heavy atom. The van der Waals surface area contributed by atoms with Crippen molar-refractivity contribution in [1.82, 2.24) is 4.98 Å². The summed E-state index contributed by atoms with van der Waals surface area (Å²) in [6.45, 7) is 0.473. The molecule has 1 heterocycles. The Morgan fingerprint density at radius 1 is 1.47 bits per heavy atom. The van der Waals surface area contributed by atoms with Crippen LogP contribution in [0.4, 0.5) is 0 Å². The number of nitrogens with two attached hydrogens (primary N) is 1. The standard InChI is InChI=1S/C10H14N2O3/c1-14-8-5-7(3-4-11)12-9(6-8)10(13)15-2/h5-6H,3-4,11H2,1-2H3. The molecule has 0 radical (unpaired) electrons. The number of hydrogen-bond donors (Lipinski definition) is 1. The van der Waals surface area contributed by atoms with Gasteiger partial charge >= 0.3 is 5.97 Å². The van der Waals surface area contributed by atoms with E-state index >= 15 is 0 Å². The molecule has 0 unspecified atom stereocenters. The quantitative estimate of drug-likeness (QED) is 0.727. The van der Waals surface area contributed by atoms with Crippen LogP contribution in [-0.2, 0) is 11.2 Å². The minimum atomic E-state index is -0.479. The van der Waals surface area contributed by atoms with E-state index < -0.39 is 5.97 Å². The molecular weight excluding hydrogens is 196 g/mol. The number of rotatable bonds is 4. The summed E-state index contributed by atoms with van der Waals surface area (Å²) in [5.41, 5.74) is 6.37. The van der Waals surface area contributed by atoms with Crippen LogP contribution in [0.15, 0.2) is 12.1 Å². The first-order chi connectivity index (χ1) is 7.21. The third kappa shape index (κ3) is 2.92. The molecule has 5 heteroatoms. The number of methoxy groups -OCH3 is 2. The van der Waals surface area contributed by atoms with Crippen molar-refractivity contribution >= 4 is 5.97 Å². The van der Waals surface area contributed by atoms with Gasteiger partial charge in [-0.2, -0.15) is 0 Å². The van der Waals surface area contributed by atoms with Gasteiger partial charge in [0.15, 0.2) is 5.69 Å². The van der Waals surface area contributed by atoms with E-state index in [0.717, 1.165) is 5.69 Å². The van der Waals surface area contributed by atoms with E-state index in [2.05, 4.69) is 9.72 Å². The van der Waals surface area contributed by atoms with Crippen LogP contribution in [0.1, 0.15) is 16.2 Å². The maximum Gasteiger partial charge on any atom is 0.356 e. The highest BCUT2D eigenvalue weighted by atomic mass is 16.5. The molecule has 82 valence electrons. The summed E-state index contributed by atoms with van der Waals surface area (Å²) in [4.78, 5) is 15.4. The van der Waals surface area contributed by atoms with Crippen molar-refractivity contribution < 1.29 is 14.3 Å². The first kappa shape index (κ1) is 11.5. The highest BCUT2D eigenvalue weighted by Gasteiger charge is 2.10. The average molecular weight is 210 g/mol. The Hall–Kier alpha value is -1.62. The molecule has 1 rings (SSSR count). The van der Waals surface area contributed by atoms with Gasteiger partial charge < -0.3 is 15.2 Å². The van der Waals surface area contributed by atoms with Crippen LogP contribution in [0.3, 0.4) is 0 Å². The Morgan fingerprint density at radius 3 is 2.73 bits per heavy atom. The molecule has 0 aliphatic carbocycles. The fourth-order valence-corrected chi connectivity index (χ4v) is 1.16. The van der Waals surface area contributed by atoms with Crippen molar-refractivity contribution in [2.75, 3.05) is 20.8 Å². The number of esters is 1. The van der Waals surface area contributed by atoms with Gasteiger partial charge in [0.2, 0.25) is 0 Å². The molecule has 0 atom stereocenters. The van der Waals surface area contributed by atoms with E-state index in [1.165, 1.54) is 20.3 Å². The molecule has 0 aromatic carbocycles. The van der Waals surface area contributed by atoms with Gasteiger partial charge in [-0.3, -0.25) is 0 Å². The van der Waals surface area contributed by atoms with E-state index in [1.807, 2.05) is 0 Å². The summed E-state index contributed by atoms with van der Waals surface area (Å²) < 4.78 is 9.63. The molecule has 0 spiro atoms. The van der Waals surface area contributed by atoms with Crippen LogP contribution >= 0.6 is 0 Å². The van der Waals surface area contributed by atoms with Crippen LogP contribution in [0.5, 0.6) is 5.75 Å². The first-order valence-corrected chi connectivity index (χ1v) is 4.54. The number of aromatic nitrogens is 1. The molecular formula is C10H14N2O3. The van der Waals surface area contributed by atoms with Gasteiger partial charge in [0, 0.05) is 24.2 Å². The Kier molecular flexibility index (Phi) is 4.05. The topological polar surface area (TPSA) is 74.4 Å². The zero-order valence-corrected chi connectivity index (χ0v) is 8.82. The molecule has 1 aromatic heterocycles. The Bertz CT molecular complexity index is 353. The van der Waals surface area contributed by atoms with Crippen molar-refractivity contribution in [3.05, 3.63) is 23.5 Å². The average Bonchev–Trinajstić information content (AvgIpc) is 2.28. The van der Waals surface area contributed by atoms with Crippen molar-refractivity contribution in [2.24, 2.45) is 5.73 Å².